The molecular formula is C17H27N3O3. The number of likely N-dealkylation sites (N-methyl/N-ethyl adjacent to an activating group) is 1. The summed E-state index contributed by atoms with van der Waals surface area (Å²) < 4.78 is 11.1. The van der Waals surface area contributed by atoms with E-state index in [4.69, 9.17) is 9.15 Å². The second-order valence-electron chi connectivity index (χ2n) is 6.24. The minimum atomic E-state index is -0.176. The van der Waals surface area contributed by atoms with Gasteiger partial charge in [-0.1, -0.05) is 6.92 Å². The number of nitrogens with zero attached hydrogens (tertiary/aromatic N) is 2. The van der Waals surface area contributed by atoms with Gasteiger partial charge in [0.2, 0.25) is 5.91 Å². The highest BCUT2D eigenvalue weighted by Gasteiger charge is 2.30. The minimum Gasteiger partial charge on any atom is -0.468 e. The second kappa shape index (κ2) is 7.95. The fourth-order valence-electron chi connectivity index (χ4n) is 3.52. The molecule has 1 amide bonds. The number of ether oxygens (including phenoxy) is 1. The van der Waals surface area contributed by atoms with Gasteiger partial charge >= 0.3 is 0 Å². The highest BCUT2D eigenvalue weighted by atomic mass is 16.5. The summed E-state index contributed by atoms with van der Waals surface area (Å²) in [6.45, 7) is 7.68. The van der Waals surface area contributed by atoms with E-state index in [2.05, 4.69) is 22.0 Å². The van der Waals surface area contributed by atoms with Crippen LogP contribution in [-0.4, -0.2) is 67.7 Å². The molecule has 2 fully saturated rings. The van der Waals surface area contributed by atoms with E-state index in [1.807, 2.05) is 12.1 Å². The van der Waals surface area contributed by atoms with Gasteiger partial charge in [0, 0.05) is 13.1 Å². The van der Waals surface area contributed by atoms with E-state index >= 15 is 0 Å². The molecule has 6 heteroatoms. The standard InChI is InChI=1S/C17H27N3O3/c1-2-19-9-11-22-13-15(19)17(21)18-12-14(16-6-5-10-23-16)20-7-3-4-8-20/h5-6,10,14-15H,2-4,7-9,11-13H2,1H3,(H,18,21). The number of carbonyl (C=O) groups is 1. The van der Waals surface area contributed by atoms with E-state index in [1.165, 1.54) is 12.8 Å². The van der Waals surface area contributed by atoms with Gasteiger partial charge in [-0.05, 0) is 44.6 Å². The predicted molar refractivity (Wildman–Crippen MR) is 87.1 cm³/mol. The van der Waals surface area contributed by atoms with Crippen molar-refractivity contribution in [2.75, 3.05) is 45.9 Å². The largest absolute Gasteiger partial charge is 0.468 e. The van der Waals surface area contributed by atoms with E-state index in [-0.39, 0.29) is 18.0 Å². The summed E-state index contributed by atoms with van der Waals surface area (Å²) in [6.07, 6.45) is 4.13. The van der Waals surface area contributed by atoms with Crippen LogP contribution in [0.4, 0.5) is 0 Å². The lowest BCUT2D eigenvalue weighted by atomic mass is 10.1. The predicted octanol–water partition coefficient (Wildman–Crippen LogP) is 1.25. The van der Waals surface area contributed by atoms with Crippen molar-refractivity contribution in [3.05, 3.63) is 24.2 Å². The van der Waals surface area contributed by atoms with Crippen molar-refractivity contribution < 1.29 is 13.9 Å². The van der Waals surface area contributed by atoms with Crippen LogP contribution in [-0.2, 0) is 9.53 Å². The van der Waals surface area contributed by atoms with Crippen molar-refractivity contribution in [1.29, 1.82) is 0 Å². The van der Waals surface area contributed by atoms with Crippen LogP contribution in [0.5, 0.6) is 0 Å². The molecule has 128 valence electrons. The number of rotatable bonds is 6. The first-order valence-corrected chi connectivity index (χ1v) is 8.66. The summed E-state index contributed by atoms with van der Waals surface area (Å²) in [5.41, 5.74) is 0. The zero-order valence-corrected chi connectivity index (χ0v) is 13.9. The van der Waals surface area contributed by atoms with E-state index in [9.17, 15) is 4.79 Å². The Bertz CT molecular complexity index is 485. The number of nitrogens with one attached hydrogen (secondary N) is 1. The molecule has 0 spiro atoms. The van der Waals surface area contributed by atoms with Crippen LogP contribution in [0.25, 0.3) is 0 Å². The number of morpholine rings is 1. The van der Waals surface area contributed by atoms with Crippen molar-refractivity contribution in [3.63, 3.8) is 0 Å². The van der Waals surface area contributed by atoms with Gasteiger partial charge in [-0.25, -0.2) is 0 Å². The average molecular weight is 321 g/mol. The Kier molecular flexibility index (Phi) is 5.70. The molecule has 2 unspecified atom stereocenters. The maximum atomic E-state index is 12.6. The molecule has 2 atom stereocenters. The monoisotopic (exact) mass is 321 g/mol. The Morgan fingerprint density at radius 2 is 2.22 bits per heavy atom. The third-order valence-corrected chi connectivity index (χ3v) is 4.87. The van der Waals surface area contributed by atoms with Crippen molar-refractivity contribution in [2.45, 2.75) is 31.8 Å². The molecule has 2 aliphatic heterocycles. The molecule has 3 rings (SSSR count). The van der Waals surface area contributed by atoms with E-state index in [0.717, 1.165) is 31.9 Å². The topological polar surface area (TPSA) is 58.0 Å². The van der Waals surface area contributed by atoms with E-state index in [0.29, 0.717) is 19.8 Å². The first kappa shape index (κ1) is 16.5. The Morgan fingerprint density at radius 1 is 1.39 bits per heavy atom. The summed E-state index contributed by atoms with van der Waals surface area (Å²) in [7, 11) is 0. The van der Waals surface area contributed by atoms with Gasteiger partial charge in [-0.15, -0.1) is 0 Å². The van der Waals surface area contributed by atoms with E-state index < -0.39 is 0 Å². The van der Waals surface area contributed by atoms with Gasteiger partial charge in [0.25, 0.3) is 0 Å². The lowest BCUT2D eigenvalue weighted by Gasteiger charge is -2.34. The summed E-state index contributed by atoms with van der Waals surface area (Å²) >= 11 is 0. The third-order valence-electron chi connectivity index (χ3n) is 4.87. The van der Waals surface area contributed by atoms with Crippen molar-refractivity contribution in [3.8, 4) is 0 Å². The fourth-order valence-corrected chi connectivity index (χ4v) is 3.52. The summed E-state index contributed by atoms with van der Waals surface area (Å²) in [4.78, 5) is 17.1. The molecule has 0 saturated carbocycles. The molecule has 2 aliphatic rings. The highest BCUT2D eigenvalue weighted by Crippen LogP contribution is 2.25. The van der Waals surface area contributed by atoms with Gasteiger partial charge in [0.15, 0.2) is 0 Å². The average Bonchev–Trinajstić information content (AvgIpc) is 3.29. The lowest BCUT2D eigenvalue weighted by Crippen LogP contribution is -2.54. The Labute approximate surface area is 137 Å². The van der Waals surface area contributed by atoms with Crippen LogP contribution >= 0.6 is 0 Å². The molecule has 0 aliphatic carbocycles. The Balaban J connectivity index is 1.60. The molecule has 6 nitrogen and oxygen atoms in total. The molecule has 0 radical (unpaired) electrons. The van der Waals surface area contributed by atoms with Gasteiger partial charge in [0.1, 0.15) is 11.8 Å². The third kappa shape index (κ3) is 3.94. The summed E-state index contributed by atoms with van der Waals surface area (Å²) in [5, 5.41) is 3.12. The van der Waals surface area contributed by atoms with Crippen molar-refractivity contribution in [2.24, 2.45) is 0 Å². The van der Waals surface area contributed by atoms with Crippen molar-refractivity contribution >= 4 is 5.91 Å². The lowest BCUT2D eigenvalue weighted by molar-refractivity contribution is -0.132. The first-order chi connectivity index (χ1) is 11.3. The molecule has 1 aromatic rings. The fraction of sp³-hybridized carbons (Fsp3) is 0.706. The first-order valence-electron chi connectivity index (χ1n) is 8.66. The van der Waals surface area contributed by atoms with Crippen LogP contribution in [0, 0.1) is 0 Å². The molecule has 0 aromatic carbocycles. The number of carbonyl (C=O) groups excluding carboxylic acids is 1. The number of hydrogen-bond donors (Lipinski definition) is 1. The van der Waals surface area contributed by atoms with Gasteiger partial charge in [-0.2, -0.15) is 0 Å². The minimum absolute atomic E-state index is 0.0577. The maximum absolute atomic E-state index is 12.6. The van der Waals surface area contributed by atoms with Gasteiger partial charge < -0.3 is 14.5 Å². The highest BCUT2D eigenvalue weighted by molar-refractivity contribution is 5.82. The SMILES string of the molecule is CCN1CCOCC1C(=O)NCC(c1ccco1)N1CCCC1. The molecule has 23 heavy (non-hydrogen) atoms. The molecule has 3 heterocycles. The molecule has 0 bridgehead atoms. The number of furan rings is 1. The van der Waals surface area contributed by atoms with Crippen LogP contribution in [0.3, 0.4) is 0 Å². The van der Waals surface area contributed by atoms with Crippen LogP contribution in [0.1, 0.15) is 31.6 Å². The Hall–Kier alpha value is -1.37. The molecule has 2 saturated heterocycles. The van der Waals surface area contributed by atoms with Crippen LogP contribution in [0.2, 0.25) is 0 Å². The Morgan fingerprint density at radius 3 is 2.91 bits per heavy atom. The summed E-state index contributed by atoms with van der Waals surface area (Å²) in [5.74, 6) is 0.988. The maximum Gasteiger partial charge on any atom is 0.239 e. The normalized spacial score (nSPS) is 24.7. The van der Waals surface area contributed by atoms with Crippen molar-refractivity contribution in [1.82, 2.24) is 15.1 Å². The number of likely N-dealkylation sites (tertiary alicyclic amines) is 1. The number of hydrogen-bond acceptors (Lipinski definition) is 5. The van der Waals surface area contributed by atoms with E-state index in [1.54, 1.807) is 6.26 Å². The smallest absolute Gasteiger partial charge is 0.239 e. The number of amides is 1. The quantitative estimate of drug-likeness (QED) is 0.855. The molecule has 1 N–H and O–H groups in total. The zero-order valence-electron chi connectivity index (χ0n) is 13.9. The van der Waals surface area contributed by atoms with Crippen LogP contribution in [0.15, 0.2) is 22.8 Å². The van der Waals surface area contributed by atoms with Crippen LogP contribution < -0.4 is 5.32 Å². The molecule has 1 aromatic heterocycles. The second-order valence-corrected chi connectivity index (χ2v) is 6.24. The van der Waals surface area contributed by atoms with Gasteiger partial charge in [-0.3, -0.25) is 14.6 Å². The summed E-state index contributed by atoms with van der Waals surface area (Å²) in [6, 6.07) is 3.85. The zero-order chi connectivity index (χ0) is 16.1. The molecular weight excluding hydrogens is 294 g/mol. The van der Waals surface area contributed by atoms with Gasteiger partial charge in [0.05, 0.1) is 25.5 Å².